The average Bonchev–Trinajstić information content (AvgIpc) is 3.13. The van der Waals surface area contributed by atoms with Crippen LogP contribution in [0.5, 0.6) is 0 Å². The standard InChI is InChI=1S/C10H12O6/c11-6-3-14-9-7-4(15-7)1-13-2-5-8(16-5)10(6,9)12/h3-5,7-9,11-12H,1-2H2. The number of hydrogen-bond acceptors (Lipinski definition) is 6. The van der Waals surface area contributed by atoms with Gasteiger partial charge in [0.2, 0.25) is 0 Å². The van der Waals surface area contributed by atoms with Gasteiger partial charge in [-0.15, -0.1) is 0 Å². The molecule has 0 bridgehead atoms. The molecule has 3 fully saturated rings. The second-order valence-corrected chi connectivity index (χ2v) is 4.66. The quantitative estimate of drug-likeness (QED) is 0.522. The van der Waals surface area contributed by atoms with Crippen molar-refractivity contribution in [3.8, 4) is 0 Å². The summed E-state index contributed by atoms with van der Waals surface area (Å²) in [6.45, 7) is 0.896. The lowest BCUT2D eigenvalue weighted by molar-refractivity contribution is -0.0698. The molecule has 0 amide bonds. The van der Waals surface area contributed by atoms with Gasteiger partial charge in [-0.1, -0.05) is 0 Å². The van der Waals surface area contributed by atoms with Crippen molar-refractivity contribution in [2.45, 2.75) is 36.1 Å². The Bertz CT molecular complexity index is 368. The van der Waals surface area contributed by atoms with E-state index in [-0.39, 0.29) is 24.1 Å². The van der Waals surface area contributed by atoms with Gasteiger partial charge in [-0.2, -0.15) is 0 Å². The van der Waals surface area contributed by atoms with E-state index in [1.54, 1.807) is 0 Å². The number of hydrogen-bond donors (Lipinski definition) is 2. The molecule has 4 aliphatic rings. The molecule has 0 radical (unpaired) electrons. The molecule has 6 atom stereocenters. The van der Waals surface area contributed by atoms with E-state index in [2.05, 4.69) is 0 Å². The molecule has 6 heteroatoms. The molecule has 0 aromatic heterocycles. The summed E-state index contributed by atoms with van der Waals surface area (Å²) in [6.07, 6.45) is -0.303. The van der Waals surface area contributed by atoms with Crippen LogP contribution in [-0.2, 0) is 18.9 Å². The molecule has 0 aromatic carbocycles. The highest BCUT2D eigenvalue weighted by Crippen LogP contribution is 2.48. The molecule has 4 rings (SSSR count). The Morgan fingerprint density at radius 2 is 2.00 bits per heavy atom. The number of aliphatic hydroxyl groups excluding tert-OH is 1. The van der Waals surface area contributed by atoms with Crippen LogP contribution in [0.2, 0.25) is 0 Å². The van der Waals surface area contributed by atoms with Gasteiger partial charge in [0.15, 0.2) is 17.5 Å². The summed E-state index contributed by atoms with van der Waals surface area (Å²) in [7, 11) is 0. The zero-order valence-corrected chi connectivity index (χ0v) is 8.41. The average molecular weight is 228 g/mol. The molecular formula is C10H12O6. The lowest BCUT2D eigenvalue weighted by Gasteiger charge is -2.26. The van der Waals surface area contributed by atoms with E-state index < -0.39 is 17.8 Å². The third kappa shape index (κ3) is 1.00. The maximum Gasteiger partial charge on any atom is 0.193 e. The van der Waals surface area contributed by atoms with Crippen molar-refractivity contribution >= 4 is 0 Å². The topological polar surface area (TPSA) is 84.0 Å². The van der Waals surface area contributed by atoms with Gasteiger partial charge in [0.1, 0.15) is 30.7 Å². The van der Waals surface area contributed by atoms with E-state index in [0.717, 1.165) is 0 Å². The van der Waals surface area contributed by atoms with Crippen molar-refractivity contribution in [3.63, 3.8) is 0 Å². The molecule has 0 aromatic rings. The van der Waals surface area contributed by atoms with Crippen LogP contribution in [0.15, 0.2) is 12.0 Å². The summed E-state index contributed by atoms with van der Waals surface area (Å²) in [5.74, 6) is -0.179. The number of ether oxygens (including phenoxy) is 4. The van der Waals surface area contributed by atoms with Gasteiger partial charge in [0.05, 0.1) is 13.2 Å². The Kier molecular flexibility index (Phi) is 1.56. The van der Waals surface area contributed by atoms with Crippen molar-refractivity contribution < 1.29 is 29.2 Å². The second kappa shape index (κ2) is 2.70. The third-order valence-electron chi connectivity index (χ3n) is 3.67. The van der Waals surface area contributed by atoms with Crippen LogP contribution in [0.1, 0.15) is 0 Å². The summed E-state index contributed by atoms with van der Waals surface area (Å²) in [6, 6.07) is 0. The van der Waals surface area contributed by atoms with E-state index in [4.69, 9.17) is 18.9 Å². The molecule has 4 aliphatic heterocycles. The van der Waals surface area contributed by atoms with E-state index in [9.17, 15) is 10.2 Å². The Hall–Kier alpha value is -0.820. The van der Waals surface area contributed by atoms with E-state index in [0.29, 0.717) is 13.2 Å². The van der Waals surface area contributed by atoms with Gasteiger partial charge in [-0.3, -0.25) is 0 Å². The van der Waals surface area contributed by atoms with Crippen molar-refractivity contribution in [3.05, 3.63) is 12.0 Å². The van der Waals surface area contributed by atoms with Crippen LogP contribution < -0.4 is 0 Å². The van der Waals surface area contributed by atoms with Crippen LogP contribution >= 0.6 is 0 Å². The van der Waals surface area contributed by atoms with Crippen LogP contribution in [0.25, 0.3) is 0 Å². The molecule has 4 heterocycles. The number of epoxide rings is 2. The van der Waals surface area contributed by atoms with Gasteiger partial charge in [-0.05, 0) is 0 Å². The van der Waals surface area contributed by atoms with Crippen LogP contribution in [0.4, 0.5) is 0 Å². The molecule has 6 unspecified atom stereocenters. The predicted molar refractivity (Wildman–Crippen MR) is 48.7 cm³/mol. The first-order valence-corrected chi connectivity index (χ1v) is 5.37. The first-order chi connectivity index (χ1) is 7.71. The molecule has 0 aliphatic carbocycles. The van der Waals surface area contributed by atoms with Crippen molar-refractivity contribution in [1.29, 1.82) is 0 Å². The third-order valence-corrected chi connectivity index (χ3v) is 3.67. The molecule has 16 heavy (non-hydrogen) atoms. The fourth-order valence-corrected chi connectivity index (χ4v) is 2.63. The molecule has 2 N–H and O–H groups in total. The normalized spacial score (nSPS) is 57.8. The van der Waals surface area contributed by atoms with E-state index in [1.165, 1.54) is 6.26 Å². The fraction of sp³-hybridized carbons (Fsp3) is 0.800. The second-order valence-electron chi connectivity index (χ2n) is 4.66. The Labute approximate surface area is 91.4 Å². The summed E-state index contributed by atoms with van der Waals surface area (Å²) in [5.41, 5.74) is -1.47. The maximum atomic E-state index is 10.5. The highest BCUT2D eigenvalue weighted by molar-refractivity contribution is 5.27. The van der Waals surface area contributed by atoms with Crippen molar-refractivity contribution in [2.75, 3.05) is 13.2 Å². The van der Waals surface area contributed by atoms with Gasteiger partial charge in [0.25, 0.3) is 0 Å². The Morgan fingerprint density at radius 3 is 2.88 bits per heavy atom. The molecule has 6 nitrogen and oxygen atoms in total. The van der Waals surface area contributed by atoms with E-state index in [1.807, 2.05) is 0 Å². The fourth-order valence-electron chi connectivity index (χ4n) is 2.63. The van der Waals surface area contributed by atoms with E-state index >= 15 is 0 Å². The van der Waals surface area contributed by atoms with Crippen molar-refractivity contribution in [1.82, 2.24) is 0 Å². The highest BCUT2D eigenvalue weighted by Gasteiger charge is 2.69. The Balaban J connectivity index is 1.71. The lowest BCUT2D eigenvalue weighted by atomic mass is 9.88. The molecule has 3 saturated heterocycles. The van der Waals surface area contributed by atoms with Gasteiger partial charge in [0, 0.05) is 0 Å². The minimum absolute atomic E-state index is 0.0478. The zero-order valence-electron chi connectivity index (χ0n) is 8.41. The largest absolute Gasteiger partial charge is 0.506 e. The van der Waals surface area contributed by atoms with Crippen LogP contribution in [0, 0.1) is 0 Å². The number of rotatable bonds is 0. The van der Waals surface area contributed by atoms with Gasteiger partial charge < -0.3 is 29.2 Å². The predicted octanol–water partition coefficient (Wildman–Crippen LogP) is -0.919. The summed E-state index contributed by atoms with van der Waals surface area (Å²) in [5, 5.41) is 20.2. The monoisotopic (exact) mass is 228 g/mol. The SMILES string of the molecule is OC1=COC2C3OC3COCC3OC3C12O. The summed E-state index contributed by atoms with van der Waals surface area (Å²) < 4.78 is 21.4. The molecule has 88 valence electrons. The summed E-state index contributed by atoms with van der Waals surface area (Å²) in [4.78, 5) is 0. The van der Waals surface area contributed by atoms with Crippen molar-refractivity contribution in [2.24, 2.45) is 0 Å². The summed E-state index contributed by atoms with van der Waals surface area (Å²) >= 11 is 0. The Morgan fingerprint density at radius 1 is 1.19 bits per heavy atom. The lowest BCUT2D eigenvalue weighted by Crippen LogP contribution is -2.50. The van der Waals surface area contributed by atoms with Crippen LogP contribution in [-0.4, -0.2) is 59.5 Å². The number of aliphatic hydroxyl groups is 2. The number of fused-ring (bicyclic) bond motifs is 5. The minimum Gasteiger partial charge on any atom is -0.506 e. The maximum absolute atomic E-state index is 10.5. The smallest absolute Gasteiger partial charge is 0.193 e. The first kappa shape index (κ1) is 9.23. The molecular weight excluding hydrogens is 216 g/mol. The first-order valence-electron chi connectivity index (χ1n) is 5.37. The van der Waals surface area contributed by atoms with Gasteiger partial charge in [-0.25, -0.2) is 0 Å². The minimum atomic E-state index is -1.47. The van der Waals surface area contributed by atoms with Crippen LogP contribution in [0.3, 0.4) is 0 Å². The highest BCUT2D eigenvalue weighted by atomic mass is 16.7. The van der Waals surface area contributed by atoms with Gasteiger partial charge >= 0.3 is 0 Å². The molecule has 0 spiro atoms. The molecule has 0 saturated carbocycles. The zero-order chi connectivity index (χ0) is 10.9.